The quantitative estimate of drug-likeness (QED) is 0.0944. The number of benzene rings is 3. The molecule has 0 aliphatic heterocycles. The number of aliphatic hydroxyl groups excluding tert-OH is 1. The average molecular weight is 702 g/mol. The third-order valence-electron chi connectivity index (χ3n) is 7.50. The van der Waals surface area contributed by atoms with Gasteiger partial charge in [-0.25, -0.2) is 4.98 Å². The first-order chi connectivity index (χ1) is 17.8. The summed E-state index contributed by atoms with van der Waals surface area (Å²) < 4.78 is 0. The Hall–Kier alpha value is -2.88. The molecule has 0 atom stereocenters. The monoisotopic (exact) mass is 702 g/mol. The van der Waals surface area contributed by atoms with Crippen molar-refractivity contribution in [2.45, 2.75) is 75.2 Å². The van der Waals surface area contributed by atoms with Crippen molar-refractivity contribution in [1.29, 1.82) is 0 Å². The number of carbonyl (C=O) groups is 1. The summed E-state index contributed by atoms with van der Waals surface area (Å²) in [6.45, 7) is 17.8. The molecule has 0 saturated carbocycles. The summed E-state index contributed by atoms with van der Waals surface area (Å²) in [6.07, 6.45) is 2.99. The Balaban J connectivity index is 0.000000294. The van der Waals surface area contributed by atoms with Crippen LogP contribution in [0.3, 0.4) is 0 Å². The number of allylic oxidation sites excluding steroid dienone is 2. The largest absolute Gasteiger partial charge is 0.512 e. The Morgan fingerprint density at radius 3 is 2.15 bits per heavy atom. The summed E-state index contributed by atoms with van der Waals surface area (Å²) in [5.74, 6) is 0.983. The van der Waals surface area contributed by atoms with Crippen molar-refractivity contribution in [2.75, 3.05) is 0 Å². The fourth-order valence-electron chi connectivity index (χ4n) is 4.07. The summed E-state index contributed by atoms with van der Waals surface area (Å²) in [6, 6.07) is 20.3. The zero-order valence-corrected chi connectivity index (χ0v) is 27.1. The number of aryl methyl sites for hydroxylation is 3. The molecule has 1 N–H and O–H groups in total. The molecule has 4 aromatic rings. The molecule has 4 rings (SSSR count). The molecule has 0 amide bonds. The second-order valence-corrected chi connectivity index (χ2v) is 11.4. The Morgan fingerprint density at radius 2 is 1.54 bits per heavy atom. The molecule has 3 aromatic carbocycles. The van der Waals surface area contributed by atoms with Crippen molar-refractivity contribution >= 4 is 27.5 Å². The predicted molar refractivity (Wildman–Crippen MR) is 159 cm³/mol. The van der Waals surface area contributed by atoms with Gasteiger partial charge in [0.25, 0.3) is 0 Å². The second-order valence-electron chi connectivity index (χ2n) is 11.4. The number of aromatic nitrogens is 2. The van der Waals surface area contributed by atoms with Crippen LogP contribution in [0.5, 0.6) is 0 Å². The van der Waals surface area contributed by atoms with E-state index >= 15 is 0 Å². The van der Waals surface area contributed by atoms with E-state index < -0.39 is 0 Å². The summed E-state index contributed by atoms with van der Waals surface area (Å²) in [5, 5.41) is 13.3. The molecule has 0 aliphatic carbocycles. The minimum Gasteiger partial charge on any atom is -0.512 e. The van der Waals surface area contributed by atoms with Crippen LogP contribution in [0.4, 0.5) is 0 Å². The van der Waals surface area contributed by atoms with E-state index in [0.29, 0.717) is 0 Å². The summed E-state index contributed by atoms with van der Waals surface area (Å²) in [5.41, 5.74) is 4.68. The predicted octanol–water partition coefficient (Wildman–Crippen LogP) is 9.04. The summed E-state index contributed by atoms with van der Waals surface area (Å²) >= 11 is 0. The molecule has 1 aromatic heterocycles. The van der Waals surface area contributed by atoms with E-state index in [1.165, 1.54) is 22.4 Å². The van der Waals surface area contributed by atoms with Crippen LogP contribution >= 0.6 is 0 Å². The number of rotatable bonds is 6. The van der Waals surface area contributed by atoms with E-state index in [1.807, 2.05) is 48.5 Å². The molecule has 209 valence electrons. The van der Waals surface area contributed by atoms with Crippen LogP contribution in [0.25, 0.3) is 32.9 Å². The number of hydrogen-bond acceptors (Lipinski definition) is 4. The second kappa shape index (κ2) is 13.0. The molecule has 0 spiro atoms. The number of carbonyl (C=O) groups excluding carboxylic acids is 1. The van der Waals surface area contributed by atoms with Gasteiger partial charge in [0.1, 0.15) is 11.6 Å². The average Bonchev–Trinajstić information content (AvgIpc) is 2.87. The van der Waals surface area contributed by atoms with Crippen LogP contribution in [-0.2, 0) is 24.9 Å². The van der Waals surface area contributed by atoms with Crippen LogP contribution in [-0.4, -0.2) is 20.9 Å². The molecule has 0 bridgehead atoms. The first-order valence-electron chi connectivity index (χ1n) is 13.4. The first kappa shape index (κ1) is 32.3. The van der Waals surface area contributed by atoms with Gasteiger partial charge in [0.2, 0.25) is 0 Å². The normalized spacial score (nSPS) is 12.1. The van der Waals surface area contributed by atoms with Gasteiger partial charge in [0.15, 0.2) is 5.78 Å². The molecule has 0 aliphatic rings. The van der Waals surface area contributed by atoms with Gasteiger partial charge in [-0.1, -0.05) is 91.8 Å². The topological polar surface area (TPSA) is 63.1 Å². The summed E-state index contributed by atoms with van der Waals surface area (Å²) in [7, 11) is 0. The van der Waals surface area contributed by atoms with Crippen LogP contribution in [0, 0.1) is 37.7 Å². The molecular weight excluding hydrogens is 661 g/mol. The number of nitrogens with zero attached hydrogens (tertiary/aromatic N) is 2. The molecule has 1 heterocycles. The van der Waals surface area contributed by atoms with E-state index in [9.17, 15) is 9.90 Å². The molecule has 4 nitrogen and oxygen atoms in total. The zero-order valence-electron chi connectivity index (χ0n) is 24.7. The third-order valence-corrected chi connectivity index (χ3v) is 7.50. The molecule has 0 fully saturated rings. The van der Waals surface area contributed by atoms with Crippen molar-refractivity contribution in [3.05, 3.63) is 83.4 Å². The van der Waals surface area contributed by atoms with Gasteiger partial charge in [-0.15, -0.1) is 34.9 Å². The van der Waals surface area contributed by atoms with E-state index in [2.05, 4.69) is 68.4 Å². The van der Waals surface area contributed by atoms with Crippen molar-refractivity contribution in [3.63, 3.8) is 0 Å². The molecule has 0 saturated heterocycles. The minimum absolute atomic E-state index is 0. The Bertz CT molecular complexity index is 1480. The van der Waals surface area contributed by atoms with E-state index in [1.54, 1.807) is 0 Å². The first-order valence-corrected chi connectivity index (χ1v) is 13.4. The smallest absolute Gasteiger partial charge is 0.164 e. The fourth-order valence-corrected chi connectivity index (χ4v) is 4.07. The van der Waals surface area contributed by atoms with Gasteiger partial charge >= 0.3 is 0 Å². The SMILES string of the molecule is CCC(C)(C)C(=O)/C=C(\O)C(C)(C)CC.Cc1[c-]c(-c2nc(C)nc3c2ccc2ccccc23)cc(C)c1.[Ir]. The van der Waals surface area contributed by atoms with Crippen LogP contribution in [0.1, 0.15) is 71.3 Å². The van der Waals surface area contributed by atoms with Gasteiger partial charge in [-0.05, 0) is 36.2 Å². The molecule has 39 heavy (non-hydrogen) atoms. The van der Waals surface area contributed by atoms with Crippen molar-refractivity contribution in [2.24, 2.45) is 10.8 Å². The minimum atomic E-state index is -0.377. The maximum absolute atomic E-state index is 11.8. The van der Waals surface area contributed by atoms with Crippen molar-refractivity contribution in [3.8, 4) is 11.3 Å². The molecule has 0 unspecified atom stereocenters. The van der Waals surface area contributed by atoms with Gasteiger partial charge < -0.3 is 5.11 Å². The Kier molecular flexibility index (Phi) is 10.8. The Morgan fingerprint density at radius 1 is 0.897 bits per heavy atom. The zero-order chi connectivity index (χ0) is 28.3. The van der Waals surface area contributed by atoms with Crippen molar-refractivity contribution in [1.82, 2.24) is 9.97 Å². The summed E-state index contributed by atoms with van der Waals surface area (Å²) in [4.78, 5) is 21.3. The Labute approximate surface area is 247 Å². The van der Waals surface area contributed by atoms with Gasteiger partial charge in [-0.3, -0.25) is 9.78 Å². The van der Waals surface area contributed by atoms with Gasteiger partial charge in [0.05, 0.1) is 5.52 Å². The maximum atomic E-state index is 11.8. The number of fused-ring (bicyclic) bond motifs is 3. The maximum Gasteiger partial charge on any atom is 0.164 e. The van der Waals surface area contributed by atoms with Crippen LogP contribution in [0.15, 0.2) is 60.4 Å². The number of hydrogen-bond donors (Lipinski definition) is 1. The van der Waals surface area contributed by atoms with Crippen LogP contribution < -0.4 is 0 Å². The van der Waals surface area contributed by atoms with E-state index in [-0.39, 0.29) is 42.5 Å². The number of aliphatic hydroxyl groups is 1. The van der Waals surface area contributed by atoms with Gasteiger partial charge in [0, 0.05) is 42.4 Å². The van der Waals surface area contributed by atoms with Crippen LogP contribution in [0.2, 0.25) is 0 Å². The van der Waals surface area contributed by atoms with Gasteiger partial charge in [-0.2, -0.15) is 0 Å². The third kappa shape index (κ3) is 7.62. The fraction of sp³-hybridized carbons (Fsp3) is 0.382. The van der Waals surface area contributed by atoms with E-state index in [0.717, 1.165) is 46.4 Å². The molecule has 5 heteroatoms. The standard InChI is InChI=1S/C21H17N2.C13H24O2.Ir/c1-13-10-14(2)12-17(11-13)20-19-9-8-16-6-4-5-7-18(16)21(19)23-15(3)22-20;1-7-12(3,4)10(14)9-11(15)13(5,6)8-2;/h4-11H,1-3H3;9,14H,7-8H2,1-6H3;/q-1;;/b;10-9-;. The number of ketones is 1. The molecular formula is C34H41IrN2O2-. The molecule has 1 radical (unpaired) electrons. The van der Waals surface area contributed by atoms with E-state index in [4.69, 9.17) is 9.97 Å². The van der Waals surface area contributed by atoms with Crippen molar-refractivity contribution < 1.29 is 30.0 Å².